The summed E-state index contributed by atoms with van der Waals surface area (Å²) >= 11 is 0. The van der Waals surface area contributed by atoms with E-state index >= 15 is 0 Å². The molecule has 0 amide bonds. The number of fused-ring (bicyclic) bond motifs is 1. The molecular formula is C22H40N4O8P2. The Labute approximate surface area is 212 Å². The molecule has 36 heavy (non-hydrogen) atoms. The maximum Gasteiger partial charge on any atom is 0.332 e. The van der Waals surface area contributed by atoms with Crippen molar-refractivity contribution in [1.29, 1.82) is 0 Å². The van der Waals surface area contributed by atoms with Gasteiger partial charge in [-0.15, -0.1) is 0 Å². The number of aromatic nitrogens is 4. The third-order valence-corrected chi connectivity index (χ3v) is 9.88. The van der Waals surface area contributed by atoms with Crippen molar-refractivity contribution in [2.45, 2.75) is 66.5 Å². The second-order valence-corrected chi connectivity index (χ2v) is 12.5. The van der Waals surface area contributed by atoms with E-state index in [1.54, 1.807) is 45.6 Å². The minimum Gasteiger partial charge on any atom is -0.325 e. The lowest BCUT2D eigenvalue weighted by molar-refractivity contribution is 0.218. The van der Waals surface area contributed by atoms with Crippen LogP contribution < -0.4 is 11.2 Å². The smallest absolute Gasteiger partial charge is 0.325 e. The van der Waals surface area contributed by atoms with Gasteiger partial charge in [0.15, 0.2) is 11.2 Å². The molecule has 0 saturated carbocycles. The highest BCUT2D eigenvalue weighted by Gasteiger charge is 2.24. The third kappa shape index (κ3) is 7.97. The van der Waals surface area contributed by atoms with E-state index in [1.165, 1.54) is 9.13 Å². The van der Waals surface area contributed by atoms with E-state index < -0.39 is 26.4 Å². The topological polar surface area (TPSA) is 133 Å². The summed E-state index contributed by atoms with van der Waals surface area (Å²) in [5, 5.41) is 0. The molecule has 0 radical (unpaired) electrons. The van der Waals surface area contributed by atoms with E-state index in [0.29, 0.717) is 56.6 Å². The number of hydrogen-bond donors (Lipinski definition) is 0. The Hall–Kier alpha value is -1.55. The summed E-state index contributed by atoms with van der Waals surface area (Å²) in [7, 11) is -4.71. The Morgan fingerprint density at radius 1 is 0.778 bits per heavy atom. The maximum atomic E-state index is 13.2. The highest BCUT2D eigenvalue weighted by Crippen LogP contribution is 2.49. The molecule has 0 saturated heterocycles. The monoisotopic (exact) mass is 550 g/mol. The van der Waals surface area contributed by atoms with Crippen LogP contribution in [0.4, 0.5) is 0 Å². The van der Waals surface area contributed by atoms with Crippen LogP contribution in [-0.4, -0.2) is 57.4 Å². The summed E-state index contributed by atoms with van der Waals surface area (Å²) in [4.78, 5) is 30.3. The first-order valence-corrected chi connectivity index (χ1v) is 16.0. The number of rotatable bonds is 18. The zero-order valence-electron chi connectivity index (χ0n) is 22.0. The molecule has 0 fully saturated rings. The van der Waals surface area contributed by atoms with Crippen molar-refractivity contribution in [3.8, 4) is 0 Å². The molecule has 0 unspecified atom stereocenters. The maximum absolute atomic E-state index is 13.2. The van der Waals surface area contributed by atoms with E-state index in [4.69, 9.17) is 18.1 Å². The molecule has 2 heterocycles. The van der Waals surface area contributed by atoms with Crippen LogP contribution in [0.5, 0.6) is 0 Å². The molecular weight excluding hydrogens is 510 g/mol. The predicted octanol–water partition coefficient (Wildman–Crippen LogP) is 3.99. The van der Waals surface area contributed by atoms with Gasteiger partial charge in [0, 0.05) is 20.1 Å². The average Bonchev–Trinajstić information content (AvgIpc) is 3.25. The molecule has 0 aliphatic rings. The van der Waals surface area contributed by atoms with Crippen molar-refractivity contribution in [1.82, 2.24) is 18.7 Å². The molecule has 0 aliphatic carbocycles. The molecule has 206 valence electrons. The van der Waals surface area contributed by atoms with Crippen molar-refractivity contribution in [3.63, 3.8) is 0 Å². The molecule has 2 aromatic rings. The van der Waals surface area contributed by atoms with Crippen LogP contribution in [0, 0.1) is 0 Å². The van der Waals surface area contributed by atoms with Gasteiger partial charge in [-0.2, -0.15) is 0 Å². The molecule has 14 heteroatoms. The first-order chi connectivity index (χ1) is 17.1. The minimum absolute atomic E-state index is 0.177. The fraction of sp³-hybridized carbons (Fsp3) is 0.773. The molecule has 0 aromatic carbocycles. The van der Waals surface area contributed by atoms with Gasteiger partial charge in [-0.25, -0.2) is 9.78 Å². The second kappa shape index (κ2) is 14.4. The van der Waals surface area contributed by atoms with Crippen LogP contribution in [0.2, 0.25) is 0 Å². The van der Waals surface area contributed by atoms with Gasteiger partial charge in [-0.05, 0) is 53.4 Å². The first-order valence-electron chi connectivity index (χ1n) is 12.6. The van der Waals surface area contributed by atoms with Crippen LogP contribution in [0.25, 0.3) is 11.2 Å². The molecule has 0 bridgehead atoms. The van der Waals surface area contributed by atoms with E-state index in [-0.39, 0.29) is 32.1 Å². The number of nitrogens with zero attached hydrogens (tertiary/aromatic N) is 4. The van der Waals surface area contributed by atoms with Crippen LogP contribution in [0.1, 0.15) is 53.4 Å². The predicted molar refractivity (Wildman–Crippen MR) is 139 cm³/mol. The quantitative estimate of drug-likeness (QED) is 0.200. The van der Waals surface area contributed by atoms with E-state index in [1.807, 2.05) is 0 Å². The van der Waals surface area contributed by atoms with Crippen LogP contribution in [0.15, 0.2) is 15.9 Å². The van der Waals surface area contributed by atoms with Crippen LogP contribution in [-0.2, 0) is 47.4 Å². The Balaban J connectivity index is 2.12. The number of aryl methyl sites for hydroxylation is 2. The fourth-order valence-corrected chi connectivity index (χ4v) is 7.43. The summed E-state index contributed by atoms with van der Waals surface area (Å²) < 4.78 is 50.8. The Morgan fingerprint density at radius 3 is 1.72 bits per heavy atom. The second-order valence-electron chi connectivity index (χ2n) is 8.16. The lowest BCUT2D eigenvalue weighted by atomic mass is 10.3. The van der Waals surface area contributed by atoms with Crippen LogP contribution in [0.3, 0.4) is 0 Å². The van der Waals surface area contributed by atoms with Gasteiger partial charge in [0.05, 0.1) is 45.1 Å². The Kier molecular flexibility index (Phi) is 12.3. The van der Waals surface area contributed by atoms with Gasteiger partial charge >= 0.3 is 20.9 Å². The molecule has 12 nitrogen and oxygen atoms in total. The summed E-state index contributed by atoms with van der Waals surface area (Å²) in [6.45, 7) is 8.89. The summed E-state index contributed by atoms with van der Waals surface area (Å²) in [5.41, 5.74) is -0.223. The van der Waals surface area contributed by atoms with Crippen molar-refractivity contribution in [2.75, 3.05) is 38.8 Å². The van der Waals surface area contributed by atoms with E-state index in [2.05, 4.69) is 4.98 Å². The van der Waals surface area contributed by atoms with E-state index in [0.717, 1.165) is 0 Å². The summed E-state index contributed by atoms with van der Waals surface area (Å²) in [6.07, 6.45) is 4.20. The lowest BCUT2D eigenvalue weighted by Crippen LogP contribution is -2.39. The van der Waals surface area contributed by atoms with Gasteiger partial charge in [-0.1, -0.05) is 0 Å². The van der Waals surface area contributed by atoms with Gasteiger partial charge < -0.3 is 22.7 Å². The normalized spacial score (nSPS) is 12.6. The molecule has 0 aliphatic heterocycles. The van der Waals surface area contributed by atoms with Gasteiger partial charge in [0.25, 0.3) is 5.56 Å². The molecule has 0 atom stereocenters. The largest absolute Gasteiger partial charge is 0.332 e. The lowest BCUT2D eigenvalue weighted by Gasteiger charge is -2.17. The average molecular weight is 551 g/mol. The fourth-order valence-electron chi connectivity index (χ4n) is 3.97. The van der Waals surface area contributed by atoms with Crippen molar-refractivity contribution < 1.29 is 27.2 Å². The minimum atomic E-state index is -3.17. The van der Waals surface area contributed by atoms with Crippen molar-refractivity contribution in [3.05, 3.63) is 27.2 Å². The zero-order chi connectivity index (χ0) is 26.8. The number of imidazole rings is 1. The summed E-state index contributed by atoms with van der Waals surface area (Å²) in [6, 6.07) is 0. The van der Waals surface area contributed by atoms with Crippen molar-refractivity contribution in [2.24, 2.45) is 7.05 Å². The van der Waals surface area contributed by atoms with Gasteiger partial charge in [0.2, 0.25) is 0 Å². The van der Waals surface area contributed by atoms with Gasteiger partial charge in [0.1, 0.15) is 0 Å². The Bertz CT molecular complexity index is 1170. The standard InChI is InChI=1S/C22H40N4O8P2/c1-6-31-35(29,32-7-2)16-12-10-14-25-18-23-20-19(25)21(27)26(22(28)24(20)5)15-11-13-17-36(30,33-8-3)34-9-4/h18H,6-17H2,1-5H3. The third-order valence-electron chi connectivity index (χ3n) is 5.55. The van der Waals surface area contributed by atoms with Crippen LogP contribution >= 0.6 is 15.2 Å². The van der Waals surface area contributed by atoms with Gasteiger partial charge in [-0.3, -0.25) is 23.1 Å². The first kappa shape index (κ1) is 30.7. The Morgan fingerprint density at radius 2 is 1.25 bits per heavy atom. The van der Waals surface area contributed by atoms with E-state index in [9.17, 15) is 18.7 Å². The molecule has 2 rings (SSSR count). The number of hydrogen-bond acceptors (Lipinski definition) is 9. The highest BCUT2D eigenvalue weighted by atomic mass is 31.2. The molecule has 0 N–H and O–H groups in total. The number of unbranched alkanes of at least 4 members (excludes halogenated alkanes) is 2. The zero-order valence-corrected chi connectivity index (χ0v) is 23.8. The van der Waals surface area contributed by atoms with Crippen molar-refractivity contribution >= 4 is 26.4 Å². The summed E-state index contributed by atoms with van der Waals surface area (Å²) in [5.74, 6) is 0. The SMILES string of the molecule is CCOP(=O)(CCCCn1c(=O)c2c(ncn2CCCCP(=O)(OCC)OCC)n(C)c1=O)OCC. The molecule has 2 aromatic heterocycles. The molecule has 0 spiro atoms. The highest BCUT2D eigenvalue weighted by molar-refractivity contribution is 7.54.